The molecule has 6 heteroatoms. The Kier molecular flexibility index (Phi) is 4.57. The number of carbonyl (C=O) groups excluding carboxylic acids is 2. The molecule has 0 aromatic heterocycles. The zero-order valence-corrected chi connectivity index (χ0v) is 11.8. The first-order chi connectivity index (χ1) is 9.97. The van der Waals surface area contributed by atoms with Crippen molar-refractivity contribution in [2.75, 3.05) is 18.4 Å². The Morgan fingerprint density at radius 2 is 1.71 bits per heavy atom. The molecule has 0 saturated carbocycles. The highest BCUT2D eigenvalue weighted by molar-refractivity contribution is 5.95. The molecular formula is C15H18N2O4. The Morgan fingerprint density at radius 1 is 1.14 bits per heavy atom. The third-order valence-corrected chi connectivity index (χ3v) is 3.58. The lowest BCUT2D eigenvalue weighted by atomic mass is 9.96. The molecule has 2 amide bonds. The van der Waals surface area contributed by atoms with E-state index in [4.69, 9.17) is 5.11 Å². The van der Waals surface area contributed by atoms with Gasteiger partial charge in [-0.15, -0.1) is 0 Å². The van der Waals surface area contributed by atoms with E-state index in [0.717, 1.165) is 0 Å². The number of benzene rings is 1. The second-order valence-electron chi connectivity index (χ2n) is 5.16. The number of rotatable bonds is 3. The van der Waals surface area contributed by atoms with E-state index >= 15 is 0 Å². The van der Waals surface area contributed by atoms with Gasteiger partial charge in [0.05, 0.1) is 5.92 Å². The number of anilines is 1. The van der Waals surface area contributed by atoms with Crippen molar-refractivity contribution in [3.05, 3.63) is 29.8 Å². The fourth-order valence-corrected chi connectivity index (χ4v) is 2.41. The molecule has 21 heavy (non-hydrogen) atoms. The molecule has 6 nitrogen and oxygen atoms in total. The lowest BCUT2D eigenvalue weighted by Crippen LogP contribution is -2.40. The summed E-state index contributed by atoms with van der Waals surface area (Å²) in [6, 6.07) is 6.69. The smallest absolute Gasteiger partial charge is 0.306 e. The average molecular weight is 290 g/mol. The van der Waals surface area contributed by atoms with Crippen LogP contribution in [0, 0.1) is 5.92 Å². The zero-order chi connectivity index (χ0) is 15.4. The molecule has 1 heterocycles. The van der Waals surface area contributed by atoms with E-state index in [1.807, 2.05) is 0 Å². The summed E-state index contributed by atoms with van der Waals surface area (Å²) in [4.78, 5) is 35.8. The van der Waals surface area contributed by atoms with Crippen LogP contribution in [0.5, 0.6) is 0 Å². The number of carbonyl (C=O) groups is 3. The lowest BCUT2D eigenvalue weighted by molar-refractivity contribution is -0.143. The van der Waals surface area contributed by atoms with Crippen molar-refractivity contribution in [1.29, 1.82) is 0 Å². The van der Waals surface area contributed by atoms with Gasteiger partial charge >= 0.3 is 5.97 Å². The van der Waals surface area contributed by atoms with E-state index in [-0.39, 0.29) is 17.7 Å². The maximum atomic E-state index is 12.3. The molecule has 0 radical (unpaired) electrons. The van der Waals surface area contributed by atoms with Crippen LogP contribution in [0.4, 0.5) is 5.69 Å². The molecule has 1 saturated heterocycles. The van der Waals surface area contributed by atoms with E-state index in [2.05, 4.69) is 5.32 Å². The number of likely N-dealkylation sites (tertiary alicyclic amines) is 1. The maximum Gasteiger partial charge on any atom is 0.306 e. The summed E-state index contributed by atoms with van der Waals surface area (Å²) in [5.41, 5.74) is 1.18. The van der Waals surface area contributed by atoms with Gasteiger partial charge in [0, 0.05) is 31.3 Å². The van der Waals surface area contributed by atoms with Crippen molar-refractivity contribution in [2.45, 2.75) is 19.8 Å². The van der Waals surface area contributed by atoms with Gasteiger partial charge in [-0.1, -0.05) is 0 Å². The lowest BCUT2D eigenvalue weighted by Gasteiger charge is -2.30. The van der Waals surface area contributed by atoms with Gasteiger partial charge in [0.15, 0.2) is 0 Å². The van der Waals surface area contributed by atoms with E-state index in [1.54, 1.807) is 29.2 Å². The van der Waals surface area contributed by atoms with Gasteiger partial charge in [-0.05, 0) is 37.1 Å². The molecular weight excluding hydrogens is 272 g/mol. The van der Waals surface area contributed by atoms with Crippen LogP contribution in [0.3, 0.4) is 0 Å². The van der Waals surface area contributed by atoms with Crippen molar-refractivity contribution in [3.8, 4) is 0 Å². The Morgan fingerprint density at radius 3 is 2.19 bits per heavy atom. The van der Waals surface area contributed by atoms with Crippen molar-refractivity contribution >= 4 is 23.5 Å². The number of nitrogens with one attached hydrogen (secondary N) is 1. The summed E-state index contributed by atoms with van der Waals surface area (Å²) in [5, 5.41) is 11.6. The summed E-state index contributed by atoms with van der Waals surface area (Å²) >= 11 is 0. The standard InChI is InChI=1S/C15H18N2O4/c1-10(18)16-13-4-2-11(3-5-13)14(19)17-8-6-12(7-9-17)15(20)21/h2-5,12H,6-9H2,1H3,(H,16,18)(H,20,21). The highest BCUT2D eigenvalue weighted by Crippen LogP contribution is 2.20. The Bertz CT molecular complexity index is 545. The van der Waals surface area contributed by atoms with Gasteiger partial charge in [-0.2, -0.15) is 0 Å². The number of hydrogen-bond donors (Lipinski definition) is 2. The van der Waals surface area contributed by atoms with Gasteiger partial charge in [-0.25, -0.2) is 0 Å². The number of nitrogens with zero attached hydrogens (tertiary/aromatic N) is 1. The number of carboxylic acid groups (broad SMARTS) is 1. The fraction of sp³-hybridized carbons (Fsp3) is 0.400. The topological polar surface area (TPSA) is 86.7 Å². The van der Waals surface area contributed by atoms with Crippen LogP contribution in [0.15, 0.2) is 24.3 Å². The van der Waals surface area contributed by atoms with Crippen LogP contribution >= 0.6 is 0 Å². The normalized spacial score (nSPS) is 15.6. The largest absolute Gasteiger partial charge is 0.481 e. The molecule has 1 aliphatic heterocycles. The summed E-state index contributed by atoms with van der Waals surface area (Å²) in [6.45, 7) is 2.35. The van der Waals surface area contributed by atoms with Crippen LogP contribution in [-0.2, 0) is 9.59 Å². The van der Waals surface area contributed by atoms with Crippen molar-refractivity contribution < 1.29 is 19.5 Å². The van der Waals surface area contributed by atoms with Crippen LogP contribution in [0.1, 0.15) is 30.1 Å². The Hall–Kier alpha value is -2.37. The average Bonchev–Trinajstić information content (AvgIpc) is 2.47. The first-order valence-electron chi connectivity index (χ1n) is 6.87. The summed E-state index contributed by atoms with van der Waals surface area (Å²) in [7, 11) is 0. The minimum Gasteiger partial charge on any atom is -0.481 e. The minimum absolute atomic E-state index is 0.104. The van der Waals surface area contributed by atoms with Gasteiger partial charge in [0.2, 0.25) is 5.91 Å². The van der Waals surface area contributed by atoms with E-state index < -0.39 is 5.97 Å². The van der Waals surface area contributed by atoms with Gasteiger partial charge in [0.1, 0.15) is 0 Å². The monoisotopic (exact) mass is 290 g/mol. The van der Waals surface area contributed by atoms with Crippen LogP contribution in [0.25, 0.3) is 0 Å². The molecule has 1 aliphatic rings. The van der Waals surface area contributed by atoms with E-state index in [0.29, 0.717) is 37.2 Å². The number of piperidine rings is 1. The molecule has 0 unspecified atom stereocenters. The molecule has 1 aromatic rings. The van der Waals surface area contributed by atoms with Gasteiger partial charge in [0.25, 0.3) is 5.91 Å². The van der Waals surface area contributed by atoms with E-state index in [1.165, 1.54) is 6.92 Å². The summed E-state index contributed by atoms with van der Waals surface area (Å²) in [6.07, 6.45) is 0.982. The van der Waals surface area contributed by atoms with Crippen LogP contribution in [-0.4, -0.2) is 40.9 Å². The Balaban J connectivity index is 1.97. The third kappa shape index (κ3) is 3.81. The maximum absolute atomic E-state index is 12.3. The van der Waals surface area contributed by atoms with Crippen LogP contribution < -0.4 is 5.32 Å². The fourth-order valence-electron chi connectivity index (χ4n) is 2.41. The molecule has 2 N–H and O–H groups in total. The molecule has 1 aromatic carbocycles. The van der Waals surface area contributed by atoms with Crippen molar-refractivity contribution in [3.63, 3.8) is 0 Å². The second kappa shape index (κ2) is 6.39. The molecule has 2 rings (SSSR count). The summed E-state index contributed by atoms with van der Waals surface area (Å²) in [5.74, 6) is -1.41. The van der Waals surface area contributed by atoms with E-state index in [9.17, 15) is 14.4 Å². The van der Waals surface area contributed by atoms with Crippen molar-refractivity contribution in [1.82, 2.24) is 4.90 Å². The third-order valence-electron chi connectivity index (χ3n) is 3.58. The molecule has 1 fully saturated rings. The number of amides is 2. The predicted octanol–water partition coefficient (Wildman–Crippen LogP) is 1.58. The Labute approximate surface area is 122 Å². The second-order valence-corrected chi connectivity index (χ2v) is 5.16. The first-order valence-corrected chi connectivity index (χ1v) is 6.87. The van der Waals surface area contributed by atoms with Gasteiger partial charge in [-0.3, -0.25) is 14.4 Å². The summed E-state index contributed by atoms with van der Waals surface area (Å²) < 4.78 is 0. The quantitative estimate of drug-likeness (QED) is 0.885. The predicted molar refractivity (Wildman–Crippen MR) is 77.0 cm³/mol. The minimum atomic E-state index is -0.790. The molecule has 112 valence electrons. The molecule has 0 spiro atoms. The van der Waals surface area contributed by atoms with Gasteiger partial charge < -0.3 is 15.3 Å². The highest BCUT2D eigenvalue weighted by atomic mass is 16.4. The first kappa shape index (κ1) is 15.0. The zero-order valence-electron chi connectivity index (χ0n) is 11.8. The molecule has 0 aliphatic carbocycles. The molecule has 0 atom stereocenters. The number of aliphatic carboxylic acids is 1. The number of carboxylic acids is 1. The molecule has 0 bridgehead atoms. The number of hydrogen-bond acceptors (Lipinski definition) is 3. The van der Waals surface area contributed by atoms with Crippen LogP contribution in [0.2, 0.25) is 0 Å². The van der Waals surface area contributed by atoms with Crippen molar-refractivity contribution in [2.24, 2.45) is 5.92 Å². The SMILES string of the molecule is CC(=O)Nc1ccc(C(=O)N2CCC(C(=O)O)CC2)cc1. The highest BCUT2D eigenvalue weighted by Gasteiger charge is 2.27.